The van der Waals surface area contributed by atoms with Gasteiger partial charge in [-0.25, -0.2) is 14.6 Å². The molecular weight excluding hydrogens is 484 g/mol. The van der Waals surface area contributed by atoms with Crippen LogP contribution >= 0.6 is 11.3 Å². The lowest BCUT2D eigenvalue weighted by Gasteiger charge is -2.20. The Bertz CT molecular complexity index is 1330. The van der Waals surface area contributed by atoms with Crippen molar-refractivity contribution in [3.05, 3.63) is 51.8 Å². The lowest BCUT2D eigenvalue weighted by molar-refractivity contribution is 0.0520. The van der Waals surface area contributed by atoms with Crippen LogP contribution in [0.15, 0.2) is 35.3 Å². The van der Waals surface area contributed by atoms with E-state index in [0.717, 1.165) is 24.3 Å². The molecule has 1 amide bonds. The number of nitrogens with zero attached hydrogens (tertiary/aromatic N) is 3. The summed E-state index contributed by atoms with van der Waals surface area (Å²) >= 11 is 1.20. The van der Waals surface area contributed by atoms with Crippen LogP contribution in [0.1, 0.15) is 43.1 Å². The first-order chi connectivity index (χ1) is 17.0. The van der Waals surface area contributed by atoms with Gasteiger partial charge in [0.05, 0.1) is 7.11 Å². The van der Waals surface area contributed by atoms with Gasteiger partial charge in [-0.1, -0.05) is 23.5 Å². The van der Waals surface area contributed by atoms with E-state index in [-0.39, 0.29) is 11.5 Å². The number of benzene rings is 1. The molecule has 3 aromatic rings. The maximum Gasteiger partial charge on any atom is 0.407 e. The number of carbonyl (C=O) groups is 2. The quantitative estimate of drug-likeness (QED) is 0.491. The zero-order valence-electron chi connectivity index (χ0n) is 20.7. The number of alkyl carbamates (subject to hydrolysis) is 1. The van der Waals surface area contributed by atoms with Crippen LogP contribution in [0.2, 0.25) is 0 Å². The number of aromatic carboxylic acids is 1. The van der Waals surface area contributed by atoms with Gasteiger partial charge in [0.1, 0.15) is 21.6 Å². The van der Waals surface area contributed by atoms with Crippen molar-refractivity contribution in [3.8, 4) is 5.75 Å². The van der Waals surface area contributed by atoms with Gasteiger partial charge in [0.15, 0.2) is 10.8 Å². The summed E-state index contributed by atoms with van der Waals surface area (Å²) in [7, 11) is 1.59. The first-order valence-corrected chi connectivity index (χ1v) is 12.5. The van der Waals surface area contributed by atoms with Gasteiger partial charge in [-0.2, -0.15) is 0 Å². The number of thiazole rings is 1. The fourth-order valence-electron chi connectivity index (χ4n) is 4.09. The standard InChI is InChI=1S/C25H30N4O6S/c1-25(2,3)35-24(33)26-11-16-9-10-28(13-16)23-27-21-20(36-23)19(30)18(22(31)32)14-29(21)12-15-5-7-17(34-4)8-6-15/h5-8,14,16H,9-13H2,1-4H3,(H,26,33)(H,31,32). The number of ether oxygens (including phenoxy) is 2. The van der Waals surface area contributed by atoms with E-state index in [1.165, 1.54) is 17.5 Å². The normalized spacial score (nSPS) is 15.8. The van der Waals surface area contributed by atoms with E-state index in [0.29, 0.717) is 35.1 Å². The average molecular weight is 515 g/mol. The van der Waals surface area contributed by atoms with Crippen LogP contribution in [0.4, 0.5) is 9.93 Å². The number of hydrogen-bond donors (Lipinski definition) is 2. The third-order valence-corrected chi connectivity index (χ3v) is 6.94. The van der Waals surface area contributed by atoms with E-state index >= 15 is 0 Å². The smallest absolute Gasteiger partial charge is 0.407 e. The minimum absolute atomic E-state index is 0.206. The van der Waals surface area contributed by atoms with Crippen molar-refractivity contribution in [2.45, 2.75) is 39.3 Å². The molecule has 1 fully saturated rings. The van der Waals surface area contributed by atoms with E-state index in [1.54, 1.807) is 11.7 Å². The number of fused-ring (bicyclic) bond motifs is 1. The Morgan fingerprint density at radius 1 is 1.25 bits per heavy atom. The molecule has 0 aliphatic carbocycles. The Balaban J connectivity index is 1.56. The number of carboxylic acids is 1. The van der Waals surface area contributed by atoms with Crippen molar-refractivity contribution in [1.82, 2.24) is 14.9 Å². The molecule has 0 saturated carbocycles. The number of hydrogen-bond acceptors (Lipinski definition) is 8. The number of anilines is 1. The summed E-state index contributed by atoms with van der Waals surface area (Å²) in [6, 6.07) is 7.43. The first-order valence-electron chi connectivity index (χ1n) is 11.7. The zero-order chi connectivity index (χ0) is 26.0. The van der Waals surface area contributed by atoms with Crippen LogP contribution in [0, 0.1) is 5.92 Å². The Kier molecular flexibility index (Phi) is 7.21. The van der Waals surface area contributed by atoms with Gasteiger partial charge in [-0.3, -0.25) is 4.79 Å². The highest BCUT2D eigenvalue weighted by Crippen LogP contribution is 2.31. The van der Waals surface area contributed by atoms with E-state index in [4.69, 9.17) is 14.5 Å². The van der Waals surface area contributed by atoms with Crippen LogP contribution in [-0.2, 0) is 11.3 Å². The second-order valence-electron chi connectivity index (χ2n) is 9.79. The van der Waals surface area contributed by atoms with E-state index in [9.17, 15) is 19.5 Å². The molecule has 3 heterocycles. The van der Waals surface area contributed by atoms with Gasteiger partial charge in [0, 0.05) is 32.4 Å². The minimum Gasteiger partial charge on any atom is -0.497 e. The predicted octanol–water partition coefficient (Wildman–Crippen LogP) is 3.56. The molecule has 36 heavy (non-hydrogen) atoms. The molecule has 0 spiro atoms. The minimum atomic E-state index is -1.27. The van der Waals surface area contributed by atoms with Crippen molar-refractivity contribution in [2.24, 2.45) is 5.92 Å². The van der Waals surface area contributed by atoms with Crippen LogP contribution in [0.5, 0.6) is 5.75 Å². The summed E-state index contributed by atoms with van der Waals surface area (Å²) in [6.07, 6.45) is 1.76. The van der Waals surface area contributed by atoms with Crippen molar-refractivity contribution in [3.63, 3.8) is 0 Å². The van der Waals surface area contributed by atoms with Gasteiger partial charge < -0.3 is 29.4 Å². The molecule has 1 atom stereocenters. The summed E-state index contributed by atoms with van der Waals surface area (Å²) in [5, 5.41) is 13.1. The van der Waals surface area contributed by atoms with Crippen molar-refractivity contribution in [2.75, 3.05) is 31.6 Å². The monoisotopic (exact) mass is 514 g/mol. The maximum atomic E-state index is 12.9. The molecule has 1 aliphatic heterocycles. The molecule has 1 aliphatic rings. The fourth-order valence-corrected chi connectivity index (χ4v) is 5.16. The topological polar surface area (TPSA) is 123 Å². The molecule has 11 heteroatoms. The molecule has 2 N–H and O–H groups in total. The largest absolute Gasteiger partial charge is 0.497 e. The van der Waals surface area contributed by atoms with Crippen molar-refractivity contribution >= 4 is 38.9 Å². The molecule has 0 radical (unpaired) electrons. The molecule has 1 unspecified atom stereocenters. The summed E-state index contributed by atoms with van der Waals surface area (Å²) in [4.78, 5) is 43.5. The molecule has 192 valence electrons. The van der Waals surface area contributed by atoms with Crippen molar-refractivity contribution in [1.29, 1.82) is 0 Å². The maximum absolute atomic E-state index is 12.9. The van der Waals surface area contributed by atoms with E-state index in [1.807, 2.05) is 45.0 Å². The molecule has 1 saturated heterocycles. The molecule has 10 nitrogen and oxygen atoms in total. The zero-order valence-corrected chi connectivity index (χ0v) is 21.6. The molecule has 1 aromatic carbocycles. The average Bonchev–Trinajstić information content (AvgIpc) is 3.46. The van der Waals surface area contributed by atoms with Crippen LogP contribution < -0.4 is 20.4 Å². The second kappa shape index (κ2) is 10.2. The third kappa shape index (κ3) is 5.78. The molecular formula is C25H30N4O6S. The fraction of sp³-hybridized carbons (Fsp3) is 0.440. The third-order valence-electron chi connectivity index (χ3n) is 5.84. The lowest BCUT2D eigenvalue weighted by atomic mass is 10.1. The predicted molar refractivity (Wildman–Crippen MR) is 137 cm³/mol. The summed E-state index contributed by atoms with van der Waals surface area (Å²) < 4.78 is 12.5. The SMILES string of the molecule is COc1ccc(Cn2cc(C(=O)O)c(=O)c3sc(N4CCC(CNC(=O)OC(C)(C)C)C4)nc32)cc1. The number of amides is 1. The van der Waals surface area contributed by atoms with Gasteiger partial charge in [-0.15, -0.1) is 0 Å². The lowest BCUT2D eigenvalue weighted by Crippen LogP contribution is -2.36. The van der Waals surface area contributed by atoms with E-state index < -0.39 is 23.1 Å². The molecule has 2 aromatic heterocycles. The molecule has 4 rings (SSSR count). The highest BCUT2D eigenvalue weighted by molar-refractivity contribution is 7.22. The highest BCUT2D eigenvalue weighted by Gasteiger charge is 2.28. The number of rotatable bonds is 7. The van der Waals surface area contributed by atoms with Crippen LogP contribution in [0.3, 0.4) is 0 Å². The van der Waals surface area contributed by atoms with Gasteiger partial charge in [0.25, 0.3) is 0 Å². The Hall–Kier alpha value is -3.60. The Morgan fingerprint density at radius 3 is 2.61 bits per heavy atom. The number of carbonyl (C=O) groups excluding carboxylic acids is 1. The van der Waals surface area contributed by atoms with Crippen LogP contribution in [0.25, 0.3) is 10.3 Å². The van der Waals surface area contributed by atoms with Crippen LogP contribution in [-0.4, -0.2) is 59.1 Å². The van der Waals surface area contributed by atoms with Gasteiger partial charge in [0.2, 0.25) is 5.43 Å². The van der Waals surface area contributed by atoms with Crippen molar-refractivity contribution < 1.29 is 24.2 Å². The number of pyridine rings is 1. The molecule has 0 bridgehead atoms. The summed E-state index contributed by atoms with van der Waals surface area (Å²) in [5.74, 6) is -0.345. The summed E-state index contributed by atoms with van der Waals surface area (Å²) in [6.45, 7) is 7.66. The Morgan fingerprint density at radius 2 is 1.97 bits per heavy atom. The van der Waals surface area contributed by atoms with E-state index in [2.05, 4.69) is 10.2 Å². The second-order valence-corrected chi connectivity index (χ2v) is 10.8. The van der Waals surface area contributed by atoms with Gasteiger partial charge in [-0.05, 0) is 50.8 Å². The highest BCUT2D eigenvalue weighted by atomic mass is 32.1. The number of nitrogens with one attached hydrogen (secondary N) is 1. The summed E-state index contributed by atoms with van der Waals surface area (Å²) in [5.41, 5.74) is -0.00220. The first kappa shape index (κ1) is 25.5. The number of aromatic nitrogens is 2. The Labute approximate surface area is 212 Å². The number of carboxylic acid groups (broad SMARTS) is 1. The van der Waals surface area contributed by atoms with Gasteiger partial charge >= 0.3 is 12.1 Å². The number of methoxy groups -OCH3 is 1.